The zero-order valence-corrected chi connectivity index (χ0v) is 12.8. The van der Waals surface area contributed by atoms with Gasteiger partial charge in [-0.2, -0.15) is 0 Å². The number of hydrogen-bond acceptors (Lipinski definition) is 3. The van der Waals surface area contributed by atoms with Crippen LogP contribution in [0.15, 0.2) is 24.3 Å². The Labute approximate surface area is 127 Å². The first-order valence-corrected chi connectivity index (χ1v) is 8.35. The zero-order chi connectivity index (χ0) is 14.3. The van der Waals surface area contributed by atoms with E-state index in [1.54, 1.807) is 0 Å². The van der Waals surface area contributed by atoms with Crippen molar-refractivity contribution in [1.29, 1.82) is 0 Å². The van der Waals surface area contributed by atoms with Crippen molar-refractivity contribution in [3.05, 3.63) is 29.8 Å². The fourth-order valence-electron chi connectivity index (χ4n) is 4.43. The van der Waals surface area contributed by atoms with Crippen LogP contribution in [0.25, 0.3) is 0 Å². The molecule has 21 heavy (non-hydrogen) atoms. The third-order valence-corrected chi connectivity index (χ3v) is 5.71. The molecule has 114 valence electrons. The number of ether oxygens (including phenoxy) is 2. The molecule has 4 rings (SSSR count). The first kappa shape index (κ1) is 13.6. The normalized spacial score (nSPS) is 31.3. The summed E-state index contributed by atoms with van der Waals surface area (Å²) in [6.45, 7) is 0.919. The van der Waals surface area contributed by atoms with Crippen molar-refractivity contribution in [1.82, 2.24) is 5.32 Å². The van der Waals surface area contributed by atoms with E-state index in [0.29, 0.717) is 12.0 Å². The summed E-state index contributed by atoms with van der Waals surface area (Å²) in [6.07, 6.45) is 7.51. The standard InChI is InChI=1S/C18H25NO2/c1-19-17(14-7-10-20-18(12-14)8-4-9-18)16-11-13-5-2-3-6-15(13)21-16/h2-3,5-6,14,16-17,19H,4,7-12H2,1H3. The zero-order valence-electron chi connectivity index (χ0n) is 12.8. The molecule has 3 atom stereocenters. The highest BCUT2D eigenvalue weighted by Gasteiger charge is 2.46. The average Bonchev–Trinajstić information content (AvgIpc) is 2.90. The quantitative estimate of drug-likeness (QED) is 0.927. The highest BCUT2D eigenvalue weighted by atomic mass is 16.5. The number of fused-ring (bicyclic) bond motifs is 1. The highest BCUT2D eigenvalue weighted by Crippen LogP contribution is 2.46. The van der Waals surface area contributed by atoms with E-state index in [-0.39, 0.29) is 11.7 Å². The maximum Gasteiger partial charge on any atom is 0.123 e. The van der Waals surface area contributed by atoms with Crippen LogP contribution in [0.3, 0.4) is 0 Å². The van der Waals surface area contributed by atoms with Crippen LogP contribution in [0.4, 0.5) is 0 Å². The lowest BCUT2D eigenvalue weighted by Gasteiger charge is -2.49. The van der Waals surface area contributed by atoms with Gasteiger partial charge in [-0.3, -0.25) is 0 Å². The molecule has 1 aliphatic carbocycles. The van der Waals surface area contributed by atoms with Gasteiger partial charge in [-0.25, -0.2) is 0 Å². The lowest BCUT2D eigenvalue weighted by Crippen LogP contribution is -2.53. The van der Waals surface area contributed by atoms with E-state index in [2.05, 4.69) is 36.6 Å². The van der Waals surface area contributed by atoms with Crippen molar-refractivity contribution in [2.45, 2.75) is 56.3 Å². The van der Waals surface area contributed by atoms with Gasteiger partial charge in [-0.1, -0.05) is 18.2 Å². The largest absolute Gasteiger partial charge is 0.488 e. The molecule has 2 aliphatic heterocycles. The second-order valence-corrected chi connectivity index (χ2v) is 6.92. The van der Waals surface area contributed by atoms with E-state index in [1.807, 2.05) is 0 Å². The number of benzene rings is 1. The Morgan fingerprint density at radius 3 is 2.86 bits per heavy atom. The Hall–Kier alpha value is -1.06. The summed E-state index contributed by atoms with van der Waals surface area (Å²) in [5, 5.41) is 3.55. The smallest absolute Gasteiger partial charge is 0.123 e. The van der Waals surface area contributed by atoms with Gasteiger partial charge in [0, 0.05) is 19.1 Å². The van der Waals surface area contributed by atoms with Gasteiger partial charge in [-0.15, -0.1) is 0 Å². The fraction of sp³-hybridized carbons (Fsp3) is 0.667. The highest BCUT2D eigenvalue weighted by molar-refractivity contribution is 5.37. The minimum Gasteiger partial charge on any atom is -0.488 e. The monoisotopic (exact) mass is 287 g/mol. The third kappa shape index (κ3) is 2.36. The second kappa shape index (κ2) is 5.29. The molecule has 0 amide bonds. The minimum atomic E-state index is 0.212. The molecule has 2 fully saturated rings. The molecule has 0 bridgehead atoms. The van der Waals surface area contributed by atoms with Crippen molar-refractivity contribution in [2.24, 2.45) is 5.92 Å². The summed E-state index contributed by atoms with van der Waals surface area (Å²) >= 11 is 0. The van der Waals surface area contributed by atoms with Gasteiger partial charge in [0.05, 0.1) is 5.60 Å². The molecule has 0 aromatic heterocycles. The number of hydrogen-bond donors (Lipinski definition) is 1. The topological polar surface area (TPSA) is 30.5 Å². The molecule has 1 spiro atoms. The van der Waals surface area contributed by atoms with Crippen LogP contribution in [0, 0.1) is 5.92 Å². The first-order valence-electron chi connectivity index (χ1n) is 8.35. The molecule has 1 N–H and O–H groups in total. The van der Waals surface area contributed by atoms with Crippen molar-refractivity contribution in [3.63, 3.8) is 0 Å². The number of para-hydroxylation sites is 1. The van der Waals surface area contributed by atoms with Gasteiger partial charge in [0.1, 0.15) is 11.9 Å². The molecule has 1 aromatic rings. The molecule has 1 aromatic carbocycles. The molecule has 3 heteroatoms. The van der Waals surface area contributed by atoms with Crippen molar-refractivity contribution in [3.8, 4) is 5.75 Å². The Bertz CT molecular complexity index is 487. The molecule has 1 saturated carbocycles. The SMILES string of the molecule is CNC(C1CCOC2(CCC2)C1)C1Cc2ccccc2O1. The van der Waals surface area contributed by atoms with Crippen LogP contribution in [-0.4, -0.2) is 31.4 Å². The van der Waals surface area contributed by atoms with E-state index in [4.69, 9.17) is 9.47 Å². The maximum absolute atomic E-state index is 6.23. The Morgan fingerprint density at radius 2 is 2.14 bits per heavy atom. The van der Waals surface area contributed by atoms with Gasteiger partial charge >= 0.3 is 0 Å². The van der Waals surface area contributed by atoms with Gasteiger partial charge in [-0.05, 0) is 56.7 Å². The molecule has 3 unspecified atom stereocenters. The number of rotatable bonds is 3. The van der Waals surface area contributed by atoms with E-state index < -0.39 is 0 Å². The first-order chi connectivity index (χ1) is 10.3. The van der Waals surface area contributed by atoms with E-state index >= 15 is 0 Å². The maximum atomic E-state index is 6.23. The molecule has 1 saturated heterocycles. The summed E-state index contributed by atoms with van der Waals surface area (Å²) in [7, 11) is 2.08. The second-order valence-electron chi connectivity index (χ2n) is 6.92. The van der Waals surface area contributed by atoms with Crippen LogP contribution < -0.4 is 10.1 Å². The third-order valence-electron chi connectivity index (χ3n) is 5.71. The van der Waals surface area contributed by atoms with Crippen LogP contribution >= 0.6 is 0 Å². The van der Waals surface area contributed by atoms with Crippen molar-refractivity contribution in [2.75, 3.05) is 13.7 Å². The van der Waals surface area contributed by atoms with Crippen LogP contribution in [0.2, 0.25) is 0 Å². The van der Waals surface area contributed by atoms with Gasteiger partial charge in [0.25, 0.3) is 0 Å². The summed E-state index contributed by atoms with van der Waals surface area (Å²) < 4.78 is 12.3. The summed E-state index contributed by atoms with van der Waals surface area (Å²) in [4.78, 5) is 0. The minimum absolute atomic E-state index is 0.212. The van der Waals surface area contributed by atoms with Gasteiger partial charge in [0.15, 0.2) is 0 Å². The molecule has 2 heterocycles. The Morgan fingerprint density at radius 1 is 1.29 bits per heavy atom. The summed E-state index contributed by atoms with van der Waals surface area (Å²) in [5.41, 5.74) is 1.57. The van der Waals surface area contributed by atoms with Gasteiger partial charge in [0.2, 0.25) is 0 Å². The average molecular weight is 287 g/mol. The predicted molar refractivity (Wildman–Crippen MR) is 82.7 cm³/mol. The van der Waals surface area contributed by atoms with E-state index in [0.717, 1.165) is 25.2 Å². The Kier molecular flexibility index (Phi) is 3.43. The lowest BCUT2D eigenvalue weighted by atomic mass is 9.69. The summed E-state index contributed by atoms with van der Waals surface area (Å²) in [5.74, 6) is 1.75. The molecule has 3 aliphatic rings. The fourth-order valence-corrected chi connectivity index (χ4v) is 4.43. The predicted octanol–water partition coefficient (Wildman–Crippen LogP) is 2.93. The summed E-state index contributed by atoms with van der Waals surface area (Å²) in [6, 6.07) is 8.89. The van der Waals surface area contributed by atoms with Crippen molar-refractivity contribution < 1.29 is 9.47 Å². The lowest BCUT2D eigenvalue weighted by molar-refractivity contribution is -0.149. The van der Waals surface area contributed by atoms with Crippen LogP contribution in [-0.2, 0) is 11.2 Å². The van der Waals surface area contributed by atoms with Crippen LogP contribution in [0.1, 0.15) is 37.7 Å². The van der Waals surface area contributed by atoms with Gasteiger partial charge < -0.3 is 14.8 Å². The van der Waals surface area contributed by atoms with E-state index in [1.165, 1.54) is 31.2 Å². The molecule has 0 radical (unpaired) electrons. The number of likely N-dealkylation sites (N-methyl/N-ethyl adjacent to an activating group) is 1. The molecular formula is C18H25NO2. The molecule has 3 nitrogen and oxygen atoms in total. The van der Waals surface area contributed by atoms with E-state index in [9.17, 15) is 0 Å². The van der Waals surface area contributed by atoms with Crippen LogP contribution in [0.5, 0.6) is 5.75 Å². The Balaban J connectivity index is 1.48. The molecular weight excluding hydrogens is 262 g/mol. The van der Waals surface area contributed by atoms with Crippen molar-refractivity contribution >= 4 is 0 Å². The number of nitrogens with one attached hydrogen (secondary N) is 1.